The lowest BCUT2D eigenvalue weighted by Gasteiger charge is -2.09. The second kappa shape index (κ2) is 3.84. The van der Waals surface area contributed by atoms with Crippen LogP contribution >= 0.6 is 0 Å². The molecular weight excluding hydrogens is 148 g/mol. The Morgan fingerprint density at radius 1 is 1.27 bits per heavy atom. The standard InChI is InChI=1S/C10H19Si/c1-9(2)7-8-10(3)11(4,5)6/h7H,1-6H3/q+1. The van der Waals surface area contributed by atoms with Crippen LogP contribution in [0.15, 0.2) is 17.0 Å². The first kappa shape index (κ1) is 10.6. The Balaban J connectivity index is 4.47. The van der Waals surface area contributed by atoms with E-state index < -0.39 is 8.07 Å². The van der Waals surface area contributed by atoms with Crippen LogP contribution in [0.3, 0.4) is 0 Å². The van der Waals surface area contributed by atoms with Crippen molar-refractivity contribution in [3.8, 4) is 0 Å². The van der Waals surface area contributed by atoms with Gasteiger partial charge in [-0.15, -0.1) is 0 Å². The maximum Gasteiger partial charge on any atom is 0.157 e. The molecule has 0 spiro atoms. The third kappa shape index (κ3) is 4.94. The molecule has 0 aliphatic carbocycles. The molecule has 0 heterocycles. The maximum atomic E-state index is 3.34. The summed E-state index contributed by atoms with van der Waals surface area (Å²) in [6, 6.07) is 0. The molecule has 0 nitrogen and oxygen atoms in total. The molecule has 0 radical (unpaired) electrons. The molecule has 0 amide bonds. The average molecular weight is 167 g/mol. The highest BCUT2D eigenvalue weighted by Gasteiger charge is 2.18. The monoisotopic (exact) mass is 167 g/mol. The Hall–Kier alpha value is -0.393. The Labute approximate surface area is 72.0 Å². The maximum absolute atomic E-state index is 3.34. The van der Waals surface area contributed by atoms with Gasteiger partial charge in [0, 0.05) is 13.8 Å². The van der Waals surface area contributed by atoms with Crippen molar-refractivity contribution in [2.75, 3.05) is 0 Å². The predicted octanol–water partition coefficient (Wildman–Crippen LogP) is 3.58. The topological polar surface area (TPSA) is 0 Å². The fraction of sp³-hybridized carbons (Fsp3) is 0.600. The van der Waals surface area contributed by atoms with Crippen LogP contribution in [-0.2, 0) is 0 Å². The zero-order valence-electron chi connectivity index (χ0n) is 8.58. The van der Waals surface area contributed by atoms with Gasteiger partial charge in [-0.2, -0.15) is 0 Å². The van der Waals surface area contributed by atoms with Crippen molar-refractivity contribution in [2.45, 2.75) is 40.4 Å². The summed E-state index contributed by atoms with van der Waals surface area (Å²) in [6.07, 6.45) is 2.08. The molecule has 1 heteroatoms. The molecule has 0 atom stereocenters. The van der Waals surface area contributed by atoms with Crippen LogP contribution in [-0.4, -0.2) is 8.07 Å². The molecule has 0 fully saturated rings. The SMILES string of the molecule is CC(=C=C[C+](C)C)[Si](C)(C)C. The van der Waals surface area contributed by atoms with Gasteiger partial charge >= 0.3 is 0 Å². The molecular formula is C10H19Si+. The molecule has 0 aliphatic rings. The second-order valence-corrected chi connectivity index (χ2v) is 9.49. The first-order valence-electron chi connectivity index (χ1n) is 4.08. The molecule has 0 saturated heterocycles. The summed E-state index contributed by atoms with van der Waals surface area (Å²) in [7, 11) is -1.07. The quantitative estimate of drug-likeness (QED) is 0.335. The van der Waals surface area contributed by atoms with Crippen LogP contribution in [0.2, 0.25) is 19.6 Å². The third-order valence-corrected chi connectivity index (χ3v) is 4.10. The van der Waals surface area contributed by atoms with Gasteiger partial charge in [0.05, 0.1) is 16.8 Å². The van der Waals surface area contributed by atoms with Gasteiger partial charge in [0.1, 0.15) is 8.07 Å². The Morgan fingerprint density at radius 2 is 1.73 bits per heavy atom. The molecule has 0 aromatic carbocycles. The van der Waals surface area contributed by atoms with Gasteiger partial charge in [0.2, 0.25) is 0 Å². The molecule has 62 valence electrons. The summed E-state index contributed by atoms with van der Waals surface area (Å²) >= 11 is 0. The van der Waals surface area contributed by atoms with Crippen LogP contribution in [0.25, 0.3) is 0 Å². The van der Waals surface area contributed by atoms with E-state index in [1.54, 1.807) is 0 Å². The first-order chi connectivity index (χ1) is 4.84. The molecule has 0 aromatic rings. The van der Waals surface area contributed by atoms with E-state index in [4.69, 9.17) is 0 Å². The highest BCUT2D eigenvalue weighted by molar-refractivity contribution is 6.82. The molecule has 0 bridgehead atoms. The fourth-order valence-corrected chi connectivity index (χ4v) is 0.974. The van der Waals surface area contributed by atoms with Gasteiger partial charge in [-0.1, -0.05) is 19.6 Å². The van der Waals surface area contributed by atoms with E-state index in [1.165, 1.54) is 11.1 Å². The van der Waals surface area contributed by atoms with Crippen molar-refractivity contribution < 1.29 is 0 Å². The van der Waals surface area contributed by atoms with E-state index in [1.807, 2.05) is 0 Å². The summed E-state index contributed by atoms with van der Waals surface area (Å²) < 4.78 is 0. The Bertz CT molecular complexity index is 176. The van der Waals surface area contributed by atoms with Crippen LogP contribution in [0.1, 0.15) is 20.8 Å². The predicted molar refractivity (Wildman–Crippen MR) is 55.2 cm³/mol. The molecule has 0 unspecified atom stereocenters. The highest BCUT2D eigenvalue weighted by atomic mass is 28.3. The number of rotatable bonds is 2. The van der Waals surface area contributed by atoms with Gasteiger partial charge in [0.15, 0.2) is 6.08 Å². The van der Waals surface area contributed by atoms with Crippen LogP contribution in [0, 0.1) is 5.92 Å². The molecule has 11 heavy (non-hydrogen) atoms. The average Bonchev–Trinajstić information content (AvgIpc) is 1.80. The lowest BCUT2D eigenvalue weighted by molar-refractivity contribution is 1.21. The van der Waals surface area contributed by atoms with Gasteiger partial charge in [-0.25, -0.2) is 0 Å². The van der Waals surface area contributed by atoms with E-state index >= 15 is 0 Å². The minimum atomic E-state index is -1.07. The zero-order chi connectivity index (χ0) is 9.07. The van der Waals surface area contributed by atoms with E-state index in [9.17, 15) is 0 Å². The third-order valence-electron chi connectivity index (χ3n) is 1.70. The minimum absolute atomic E-state index is 1.07. The molecule has 0 aliphatic heterocycles. The van der Waals surface area contributed by atoms with Gasteiger partial charge in [-0.3, -0.25) is 0 Å². The van der Waals surface area contributed by atoms with Gasteiger partial charge < -0.3 is 0 Å². The van der Waals surface area contributed by atoms with E-state index in [-0.39, 0.29) is 0 Å². The van der Waals surface area contributed by atoms with Gasteiger partial charge in [-0.05, 0) is 6.92 Å². The second-order valence-electron chi connectivity index (χ2n) is 4.24. The summed E-state index contributed by atoms with van der Waals surface area (Å²) in [5.41, 5.74) is 3.34. The van der Waals surface area contributed by atoms with Crippen molar-refractivity contribution in [1.29, 1.82) is 0 Å². The van der Waals surface area contributed by atoms with E-state index in [0.717, 1.165) is 0 Å². The summed E-state index contributed by atoms with van der Waals surface area (Å²) in [5.74, 6) is 1.32. The lowest BCUT2D eigenvalue weighted by atomic mass is 10.2. The zero-order valence-corrected chi connectivity index (χ0v) is 9.58. The lowest BCUT2D eigenvalue weighted by Crippen LogP contribution is -2.21. The molecule has 0 aromatic heterocycles. The number of hydrogen-bond acceptors (Lipinski definition) is 0. The first-order valence-corrected chi connectivity index (χ1v) is 7.58. The number of hydrogen-bond donors (Lipinski definition) is 0. The van der Waals surface area contributed by atoms with Crippen molar-refractivity contribution in [3.63, 3.8) is 0 Å². The largest absolute Gasteiger partial charge is 0.157 e. The van der Waals surface area contributed by atoms with Crippen LogP contribution in [0.5, 0.6) is 0 Å². The summed E-state index contributed by atoms with van der Waals surface area (Å²) in [5, 5.41) is 1.44. The van der Waals surface area contributed by atoms with Crippen LogP contribution < -0.4 is 0 Å². The van der Waals surface area contributed by atoms with Crippen molar-refractivity contribution in [2.24, 2.45) is 0 Å². The highest BCUT2D eigenvalue weighted by Crippen LogP contribution is 2.12. The van der Waals surface area contributed by atoms with Crippen molar-refractivity contribution in [1.82, 2.24) is 0 Å². The van der Waals surface area contributed by atoms with Crippen molar-refractivity contribution >= 4 is 8.07 Å². The Morgan fingerprint density at radius 3 is 2.00 bits per heavy atom. The molecule has 0 saturated carbocycles. The summed E-state index contributed by atoms with van der Waals surface area (Å²) in [4.78, 5) is 0. The van der Waals surface area contributed by atoms with E-state index in [2.05, 4.69) is 52.2 Å². The van der Waals surface area contributed by atoms with Crippen LogP contribution in [0.4, 0.5) is 0 Å². The van der Waals surface area contributed by atoms with E-state index in [0.29, 0.717) is 0 Å². The molecule has 0 rings (SSSR count). The number of allylic oxidation sites excluding steroid dienone is 1. The smallest absolute Gasteiger partial charge is 0.0636 e. The minimum Gasteiger partial charge on any atom is -0.0636 e. The normalized spacial score (nSPS) is 10.4. The molecule has 0 N–H and O–H groups in total. The summed E-state index contributed by atoms with van der Waals surface area (Å²) in [6.45, 7) is 13.4. The van der Waals surface area contributed by atoms with Gasteiger partial charge in [0.25, 0.3) is 0 Å². The van der Waals surface area contributed by atoms with Crippen molar-refractivity contribution in [3.05, 3.63) is 22.9 Å². The fourth-order valence-electron chi connectivity index (χ4n) is 0.469. The Kier molecular flexibility index (Phi) is 3.71.